The number of carbonyl (C=O) groups excluding carboxylic acids is 3. The van der Waals surface area contributed by atoms with E-state index < -0.39 is 0 Å². The third-order valence-electron chi connectivity index (χ3n) is 9.10. The minimum absolute atomic E-state index is 0. The number of carbonyl (C=O) groups is 3. The van der Waals surface area contributed by atoms with Crippen LogP contribution in [0.15, 0.2) is 0 Å². The maximum atomic E-state index is 11.9. The van der Waals surface area contributed by atoms with E-state index in [-0.39, 0.29) is 80.2 Å². The van der Waals surface area contributed by atoms with E-state index in [9.17, 15) is 19.5 Å². The van der Waals surface area contributed by atoms with Gasteiger partial charge < -0.3 is 17.2 Å². The Balaban J connectivity index is 0.000000214. The van der Waals surface area contributed by atoms with Crippen molar-refractivity contribution in [3.8, 4) is 0 Å². The molecule has 8 bridgehead atoms. The van der Waals surface area contributed by atoms with Crippen LogP contribution in [0.25, 0.3) is 0 Å². The Hall–Kier alpha value is -0.365. The Morgan fingerprint density at radius 2 is 1.22 bits per heavy atom. The van der Waals surface area contributed by atoms with Gasteiger partial charge in [0.2, 0.25) is 11.8 Å². The molecule has 0 saturated heterocycles. The topological polar surface area (TPSA) is 95.5 Å². The van der Waals surface area contributed by atoms with E-state index in [1.807, 2.05) is 0 Å². The number of Topliss-reactive ketones (excluding diaryl/α,β-unsaturated/α-hetero) is 1. The van der Waals surface area contributed by atoms with Gasteiger partial charge in [0, 0.05) is 45.2 Å². The summed E-state index contributed by atoms with van der Waals surface area (Å²) in [4.78, 5) is 34.3. The number of rotatable bonds is 2. The summed E-state index contributed by atoms with van der Waals surface area (Å²) in [5, 5.41) is 16.3. The van der Waals surface area contributed by atoms with Gasteiger partial charge in [0.25, 0.3) is 0 Å². The van der Waals surface area contributed by atoms with Crippen LogP contribution in [-0.2, 0) is 14.4 Å². The summed E-state index contributed by atoms with van der Waals surface area (Å²) in [6, 6.07) is 0. The zero-order valence-electron chi connectivity index (χ0n) is 20.9. The molecule has 8 fully saturated rings. The first-order valence-corrected chi connectivity index (χ1v) is 12.0. The second-order valence-corrected chi connectivity index (χ2v) is 11.6. The Morgan fingerprint density at radius 3 is 1.66 bits per heavy atom. The van der Waals surface area contributed by atoms with Gasteiger partial charge in [-0.15, -0.1) is 0 Å². The summed E-state index contributed by atoms with van der Waals surface area (Å²) in [5.41, 5.74) is 0.0256. The van der Waals surface area contributed by atoms with Crippen LogP contribution in [0.1, 0.15) is 79.5 Å². The normalized spacial score (nSPS) is 46.3. The fourth-order valence-corrected chi connectivity index (χ4v) is 8.80. The van der Waals surface area contributed by atoms with Gasteiger partial charge in [0.1, 0.15) is 5.78 Å². The van der Waals surface area contributed by atoms with Crippen LogP contribution < -0.4 is 40.2 Å². The largest absolute Gasteiger partial charge is 1.00 e. The molecule has 8 aliphatic rings. The van der Waals surface area contributed by atoms with Gasteiger partial charge in [0.05, 0.1) is 6.10 Å². The van der Waals surface area contributed by atoms with E-state index in [0.29, 0.717) is 23.5 Å². The van der Waals surface area contributed by atoms with Crippen LogP contribution in [0.4, 0.5) is 0 Å². The number of nitrogens with one attached hydrogen (secondary N) is 2. The van der Waals surface area contributed by atoms with Crippen molar-refractivity contribution >= 4 is 26.0 Å². The number of ketones is 1. The number of amides is 2. The van der Waals surface area contributed by atoms with E-state index >= 15 is 0 Å². The molecule has 2 amide bonds. The minimum Gasteiger partial charge on any atom is -1.00 e. The second kappa shape index (κ2) is 9.35. The van der Waals surface area contributed by atoms with Crippen molar-refractivity contribution in [1.82, 2.24) is 10.6 Å². The molecule has 8 heteroatoms. The van der Waals surface area contributed by atoms with Gasteiger partial charge in [0.15, 0.2) is 0 Å². The van der Waals surface area contributed by atoms with E-state index in [2.05, 4.69) is 10.6 Å². The molecule has 8 aliphatic carbocycles. The average molecular weight is 451 g/mol. The molecule has 0 aromatic heterocycles. The van der Waals surface area contributed by atoms with Gasteiger partial charge in [-0.25, -0.2) is 0 Å². The summed E-state index contributed by atoms with van der Waals surface area (Å²) in [7, 11) is 0. The fraction of sp³-hybridized carbons (Fsp3) is 0.875. The third-order valence-corrected chi connectivity index (χ3v) is 9.10. The molecule has 3 radical (unpaired) electrons. The molecule has 4 unspecified atom stereocenters. The molecule has 171 valence electrons. The van der Waals surface area contributed by atoms with Crippen molar-refractivity contribution in [2.24, 2.45) is 35.5 Å². The number of aliphatic hydroxyl groups is 1. The van der Waals surface area contributed by atoms with Crippen LogP contribution >= 0.6 is 0 Å². The van der Waals surface area contributed by atoms with Crippen LogP contribution in [-0.4, -0.2) is 48.3 Å². The van der Waals surface area contributed by atoms with E-state index in [0.717, 1.165) is 57.3 Å². The minimum atomic E-state index is -0.0940. The van der Waals surface area contributed by atoms with E-state index in [1.54, 1.807) is 13.8 Å². The Bertz CT molecular complexity index is 750. The molecule has 0 aromatic carbocycles. The predicted molar refractivity (Wildman–Crippen MR) is 118 cm³/mol. The van der Waals surface area contributed by atoms with Gasteiger partial charge in [-0.05, 0) is 87.9 Å². The van der Waals surface area contributed by atoms with Crippen LogP contribution in [0.3, 0.4) is 0 Å². The van der Waals surface area contributed by atoms with Crippen LogP contribution in [0.5, 0.6) is 0 Å². The van der Waals surface area contributed by atoms with Crippen molar-refractivity contribution in [3.05, 3.63) is 0 Å². The Morgan fingerprint density at radius 1 is 0.812 bits per heavy atom. The summed E-state index contributed by atoms with van der Waals surface area (Å²) in [5.74, 6) is 3.46. The summed E-state index contributed by atoms with van der Waals surface area (Å²) >= 11 is 0. The second-order valence-electron chi connectivity index (χ2n) is 11.6. The SMILES string of the molecule is CC(=O)NC12CC3CC(C1)C(=O)C(C3)C2.CC(=O)NC12CC3CC(C1)C(O)C(C3)C2.[B].[H-].[Na+]. The molecule has 6 nitrogen and oxygen atoms in total. The summed E-state index contributed by atoms with van der Waals surface area (Å²) in [6.45, 7) is 3.19. The van der Waals surface area contributed by atoms with Crippen LogP contribution in [0.2, 0.25) is 0 Å². The average Bonchev–Trinajstić information content (AvgIpc) is 2.61. The molecule has 32 heavy (non-hydrogen) atoms. The van der Waals surface area contributed by atoms with Gasteiger partial charge in [-0.2, -0.15) is 0 Å². The quantitative estimate of drug-likeness (QED) is 0.473. The first kappa shape index (κ1) is 26.2. The molecular weight excluding hydrogens is 414 g/mol. The van der Waals surface area contributed by atoms with E-state index in [4.69, 9.17) is 0 Å². The maximum absolute atomic E-state index is 11.9. The first-order valence-electron chi connectivity index (χ1n) is 12.0. The molecule has 0 aromatic rings. The smallest absolute Gasteiger partial charge is 1.00 e. The zero-order chi connectivity index (χ0) is 21.3. The van der Waals surface area contributed by atoms with Crippen LogP contribution in [0, 0.1) is 35.5 Å². The predicted octanol–water partition coefficient (Wildman–Crippen LogP) is -0.932. The Labute approximate surface area is 217 Å². The molecule has 8 rings (SSSR count). The maximum Gasteiger partial charge on any atom is 1.00 e. The number of hydrogen-bond donors (Lipinski definition) is 3. The molecule has 4 atom stereocenters. The molecule has 0 aliphatic heterocycles. The summed E-state index contributed by atoms with van der Waals surface area (Å²) in [6.07, 6.45) is 10.5. The third kappa shape index (κ3) is 4.74. The monoisotopic (exact) mass is 451 g/mol. The van der Waals surface area contributed by atoms with Crippen molar-refractivity contribution in [1.29, 1.82) is 0 Å². The van der Waals surface area contributed by atoms with Gasteiger partial charge in [-0.1, -0.05) is 0 Å². The van der Waals surface area contributed by atoms with E-state index in [1.165, 1.54) is 12.8 Å². The molecule has 0 spiro atoms. The van der Waals surface area contributed by atoms with Crippen molar-refractivity contribution in [3.63, 3.8) is 0 Å². The van der Waals surface area contributed by atoms with Gasteiger partial charge >= 0.3 is 29.6 Å². The fourth-order valence-electron chi connectivity index (χ4n) is 8.80. The van der Waals surface area contributed by atoms with Gasteiger partial charge in [-0.3, -0.25) is 14.4 Å². The summed E-state index contributed by atoms with van der Waals surface area (Å²) < 4.78 is 0. The van der Waals surface area contributed by atoms with Crippen molar-refractivity contribution in [2.75, 3.05) is 0 Å². The number of hydrogen-bond acceptors (Lipinski definition) is 4. The standard InChI is InChI=1S/C12H19NO2.C12H17NO2.B.Na.H/c2*1-7(14)13-12-4-8-2-9(5-12)11(15)10(3-8)6-12;;;/h8-11,15H,2-6H2,1H3,(H,13,14);8-10H,2-6H2,1H3,(H,13,14);;;/q;;;+1;-1. The molecule has 0 heterocycles. The molecular formula is C24H37BN2NaO4. The zero-order valence-corrected chi connectivity index (χ0v) is 21.9. The van der Waals surface area contributed by atoms with Crippen molar-refractivity contribution < 1.29 is 50.5 Å². The molecule has 8 saturated carbocycles. The van der Waals surface area contributed by atoms with Crippen molar-refractivity contribution in [2.45, 2.75) is 95.2 Å². The number of aliphatic hydroxyl groups excluding tert-OH is 1. The Kier molecular flexibility index (Phi) is 7.67. The first-order chi connectivity index (χ1) is 14.2. The molecule has 3 N–H and O–H groups in total.